The van der Waals surface area contributed by atoms with Crippen molar-refractivity contribution in [1.29, 1.82) is 0 Å². The molecule has 8 heteroatoms. The Morgan fingerprint density at radius 3 is 2.45 bits per heavy atom. The van der Waals surface area contributed by atoms with Gasteiger partial charge >= 0.3 is 0 Å². The van der Waals surface area contributed by atoms with Gasteiger partial charge in [0.25, 0.3) is 5.91 Å². The van der Waals surface area contributed by atoms with Crippen molar-refractivity contribution in [2.45, 2.75) is 91.8 Å². The Hall–Kier alpha value is -3.39. The molecule has 0 radical (unpaired) electrons. The van der Waals surface area contributed by atoms with Gasteiger partial charge in [0.2, 0.25) is 5.91 Å². The first-order valence-electron chi connectivity index (χ1n) is 15.7. The molecule has 2 N–H and O–H groups in total. The molecule has 3 aliphatic rings. The normalized spacial score (nSPS) is 18.4. The Labute approximate surface area is 253 Å². The highest BCUT2D eigenvalue weighted by Crippen LogP contribution is 2.28. The molecule has 230 valence electrons. The van der Waals surface area contributed by atoms with Crippen molar-refractivity contribution >= 4 is 17.6 Å². The van der Waals surface area contributed by atoms with Gasteiger partial charge in [0, 0.05) is 49.4 Å². The molecule has 5 rings (SSSR count). The highest BCUT2D eigenvalue weighted by Gasteiger charge is 2.30. The Morgan fingerprint density at radius 2 is 1.83 bits per heavy atom. The van der Waals surface area contributed by atoms with E-state index in [9.17, 15) is 9.59 Å². The van der Waals surface area contributed by atoms with Gasteiger partial charge in [0.05, 0.1) is 18.8 Å². The molecular weight excluding hydrogens is 524 g/mol. The van der Waals surface area contributed by atoms with Crippen molar-refractivity contribution in [2.24, 2.45) is 13.0 Å². The molecule has 3 heterocycles. The van der Waals surface area contributed by atoms with Crippen molar-refractivity contribution in [2.75, 3.05) is 25.0 Å². The molecule has 1 aromatic heterocycles. The number of aromatic nitrogens is 2. The number of rotatable bonds is 7. The van der Waals surface area contributed by atoms with Gasteiger partial charge in [-0.05, 0) is 88.6 Å². The van der Waals surface area contributed by atoms with E-state index in [0.717, 1.165) is 66.7 Å². The molecule has 0 bridgehead atoms. The molecule has 0 spiro atoms. The first-order chi connectivity index (χ1) is 20.2. The first kappa shape index (κ1) is 33.1. The number of likely N-dealkylation sites (tertiary alicyclic amines) is 1. The maximum Gasteiger partial charge on any atom is 0.254 e. The number of carbonyl (C=O) groups is 2. The summed E-state index contributed by atoms with van der Waals surface area (Å²) in [5, 5.41) is 11.3. The monoisotopic (exact) mass is 576 g/mol. The largest absolute Gasteiger partial charge is 0.343 e. The van der Waals surface area contributed by atoms with Crippen LogP contribution in [0.4, 0.5) is 5.82 Å². The number of aryl methyl sites for hydroxylation is 3. The predicted molar refractivity (Wildman–Crippen MR) is 172 cm³/mol. The van der Waals surface area contributed by atoms with Gasteiger partial charge < -0.3 is 20.4 Å². The lowest BCUT2D eigenvalue weighted by molar-refractivity contribution is -0.132. The van der Waals surface area contributed by atoms with E-state index in [4.69, 9.17) is 0 Å². The summed E-state index contributed by atoms with van der Waals surface area (Å²) in [6.07, 6.45) is 9.59. The second-order valence-corrected chi connectivity index (χ2v) is 11.5. The zero-order valence-electron chi connectivity index (χ0n) is 26.7. The van der Waals surface area contributed by atoms with E-state index in [2.05, 4.69) is 28.9 Å². The van der Waals surface area contributed by atoms with Crippen molar-refractivity contribution in [3.05, 3.63) is 71.6 Å². The number of fused-ring (bicyclic) bond motifs is 1. The molecule has 2 fully saturated rings. The van der Waals surface area contributed by atoms with E-state index in [1.807, 2.05) is 69.7 Å². The molecule has 1 saturated carbocycles. The van der Waals surface area contributed by atoms with E-state index >= 15 is 0 Å². The van der Waals surface area contributed by atoms with Crippen LogP contribution in [0.25, 0.3) is 0 Å². The Morgan fingerprint density at radius 1 is 1.17 bits per heavy atom. The van der Waals surface area contributed by atoms with Gasteiger partial charge in [-0.2, -0.15) is 5.10 Å². The van der Waals surface area contributed by atoms with Crippen LogP contribution >= 0.6 is 0 Å². The van der Waals surface area contributed by atoms with Crippen LogP contribution in [-0.4, -0.2) is 63.1 Å². The fourth-order valence-electron chi connectivity index (χ4n) is 5.45. The number of allylic oxidation sites excluding steroid dienone is 1. The summed E-state index contributed by atoms with van der Waals surface area (Å²) in [5.74, 6) is 1.78. The number of hydrogen-bond acceptors (Lipinski definition) is 5. The van der Waals surface area contributed by atoms with E-state index in [1.54, 1.807) is 17.0 Å². The van der Waals surface area contributed by atoms with Crippen LogP contribution < -0.4 is 10.6 Å². The van der Waals surface area contributed by atoms with Gasteiger partial charge in [-0.1, -0.05) is 32.6 Å². The van der Waals surface area contributed by atoms with Crippen molar-refractivity contribution < 1.29 is 9.59 Å². The number of nitrogens with one attached hydrogen (secondary N) is 2. The van der Waals surface area contributed by atoms with Crippen LogP contribution in [0.5, 0.6) is 0 Å². The maximum atomic E-state index is 13.5. The summed E-state index contributed by atoms with van der Waals surface area (Å²) in [7, 11) is 1.88. The highest BCUT2D eigenvalue weighted by molar-refractivity contribution is 5.95. The average molecular weight is 577 g/mol. The number of hydrogen-bond donors (Lipinski definition) is 2. The van der Waals surface area contributed by atoms with Gasteiger partial charge in [-0.3, -0.25) is 14.3 Å². The van der Waals surface area contributed by atoms with Gasteiger partial charge in [0.1, 0.15) is 5.82 Å². The second-order valence-electron chi connectivity index (χ2n) is 11.5. The van der Waals surface area contributed by atoms with Crippen molar-refractivity contribution in [3.8, 4) is 0 Å². The molecule has 2 aliphatic heterocycles. The summed E-state index contributed by atoms with van der Waals surface area (Å²) in [6, 6.07) is 6.45. The molecular formula is C34H52N6O2. The van der Waals surface area contributed by atoms with Crippen LogP contribution in [0.2, 0.25) is 0 Å². The Bertz CT molecular complexity index is 1220. The van der Waals surface area contributed by atoms with E-state index in [-0.39, 0.29) is 17.9 Å². The van der Waals surface area contributed by atoms with Gasteiger partial charge in [-0.15, -0.1) is 6.58 Å². The van der Waals surface area contributed by atoms with Crippen LogP contribution in [0, 0.1) is 12.8 Å². The molecule has 1 unspecified atom stereocenters. The minimum Gasteiger partial charge on any atom is -0.343 e. The summed E-state index contributed by atoms with van der Waals surface area (Å²) in [5.41, 5.74) is 4.56. The Kier molecular flexibility index (Phi) is 12.4. The summed E-state index contributed by atoms with van der Waals surface area (Å²) < 4.78 is 1.77. The average Bonchev–Trinajstić information content (AvgIpc) is 3.79. The molecule has 42 heavy (non-hydrogen) atoms. The predicted octanol–water partition coefficient (Wildman–Crippen LogP) is 5.84. The third-order valence-corrected chi connectivity index (χ3v) is 8.30. The first-order valence-corrected chi connectivity index (χ1v) is 15.7. The fourth-order valence-corrected chi connectivity index (χ4v) is 5.45. The fraction of sp³-hybridized carbons (Fsp3) is 0.559. The number of anilines is 1. The topological polar surface area (TPSA) is 82.5 Å². The SMILES string of the molecule is C=C1Nc2c(cnn2C)CN(C(=O)c2ccc(CCC(=O)N3CCC(CNC4CC4)CC3)c(C)c2)C1C.C=CC.CC. The van der Waals surface area contributed by atoms with E-state index < -0.39 is 0 Å². The standard InChI is InChI=1S/C29H40N6O2.C3H6.C2H6/c1-19-15-24(29(37)35-18-25-17-31-33(4)28(25)32-20(2)21(35)3)6-5-23(19)7-10-27(36)34-13-11-22(12-14-34)16-30-26-8-9-26;1-3-2;1-2/h5-6,15,17,21-22,26,30,32H,2,7-14,16,18H2,1,3-4H3;3H,1H2,2H3;1-2H3. The molecule has 1 aliphatic carbocycles. The maximum absolute atomic E-state index is 13.5. The second kappa shape index (κ2) is 15.7. The quantitative estimate of drug-likeness (QED) is 0.405. The van der Waals surface area contributed by atoms with Crippen LogP contribution in [0.1, 0.15) is 86.8 Å². The van der Waals surface area contributed by atoms with Crippen LogP contribution in [-0.2, 0) is 24.8 Å². The van der Waals surface area contributed by atoms with Crippen molar-refractivity contribution in [1.82, 2.24) is 24.9 Å². The number of benzene rings is 1. The van der Waals surface area contributed by atoms with Crippen molar-refractivity contribution in [3.63, 3.8) is 0 Å². The van der Waals surface area contributed by atoms with Crippen LogP contribution in [0.15, 0.2) is 49.3 Å². The minimum atomic E-state index is -0.161. The lowest BCUT2D eigenvalue weighted by atomic mass is 9.96. The van der Waals surface area contributed by atoms with E-state index in [1.165, 1.54) is 12.8 Å². The number of amides is 2. The molecule has 1 atom stereocenters. The number of piperidine rings is 1. The Balaban J connectivity index is 0.000000910. The molecule has 1 aromatic carbocycles. The summed E-state index contributed by atoms with van der Waals surface area (Å²) >= 11 is 0. The lowest BCUT2D eigenvalue weighted by Crippen LogP contribution is -2.41. The van der Waals surface area contributed by atoms with Gasteiger partial charge in [0.15, 0.2) is 0 Å². The summed E-state index contributed by atoms with van der Waals surface area (Å²) in [4.78, 5) is 30.3. The van der Waals surface area contributed by atoms with Gasteiger partial charge in [-0.25, -0.2) is 0 Å². The number of nitrogens with zero attached hydrogens (tertiary/aromatic N) is 4. The molecule has 8 nitrogen and oxygen atoms in total. The van der Waals surface area contributed by atoms with Crippen LogP contribution in [0.3, 0.4) is 0 Å². The summed E-state index contributed by atoms with van der Waals surface area (Å²) in [6.45, 7) is 20.7. The molecule has 1 saturated heterocycles. The third-order valence-electron chi connectivity index (χ3n) is 8.30. The third kappa shape index (κ3) is 8.57. The lowest BCUT2D eigenvalue weighted by Gasteiger charge is -2.32. The van der Waals surface area contributed by atoms with E-state index in [0.29, 0.717) is 30.9 Å². The molecule has 2 amide bonds. The number of carbonyl (C=O) groups excluding carboxylic acids is 2. The zero-order chi connectivity index (χ0) is 30.8. The molecule has 2 aromatic rings. The highest BCUT2D eigenvalue weighted by atomic mass is 16.2. The minimum absolute atomic E-state index is 0.0306. The smallest absolute Gasteiger partial charge is 0.254 e. The zero-order valence-corrected chi connectivity index (χ0v) is 26.7.